The first kappa shape index (κ1) is 17.7. The Morgan fingerprint density at radius 3 is 2.10 bits per heavy atom. The SMILES string of the molecule is CCCN(CC(=O)c1c(C)cc(C)cc1C)CC(F)(F)F. The summed E-state index contributed by atoms with van der Waals surface area (Å²) in [6.07, 6.45) is -3.71. The van der Waals surface area contributed by atoms with E-state index >= 15 is 0 Å². The van der Waals surface area contributed by atoms with E-state index in [1.165, 1.54) is 4.90 Å². The van der Waals surface area contributed by atoms with Gasteiger partial charge in [0.2, 0.25) is 0 Å². The van der Waals surface area contributed by atoms with E-state index in [1.54, 1.807) is 6.92 Å². The second-order valence-electron chi connectivity index (χ2n) is 5.52. The van der Waals surface area contributed by atoms with Gasteiger partial charge in [-0.05, 0) is 44.9 Å². The highest BCUT2D eigenvalue weighted by Crippen LogP contribution is 2.20. The van der Waals surface area contributed by atoms with Crippen LogP contribution in [0, 0.1) is 20.8 Å². The van der Waals surface area contributed by atoms with Gasteiger partial charge >= 0.3 is 6.18 Å². The van der Waals surface area contributed by atoms with Gasteiger partial charge in [0.15, 0.2) is 5.78 Å². The number of halogens is 3. The third kappa shape index (κ3) is 5.50. The Labute approximate surface area is 123 Å². The van der Waals surface area contributed by atoms with E-state index in [4.69, 9.17) is 0 Å². The topological polar surface area (TPSA) is 20.3 Å². The van der Waals surface area contributed by atoms with Gasteiger partial charge in [-0.2, -0.15) is 13.2 Å². The number of carbonyl (C=O) groups is 1. The summed E-state index contributed by atoms with van der Waals surface area (Å²) >= 11 is 0. The molecule has 0 spiro atoms. The maximum absolute atomic E-state index is 12.5. The normalized spacial score (nSPS) is 12.0. The van der Waals surface area contributed by atoms with Crippen LogP contribution < -0.4 is 0 Å². The number of hydrogen-bond acceptors (Lipinski definition) is 2. The maximum Gasteiger partial charge on any atom is 0.401 e. The molecule has 0 bridgehead atoms. The fourth-order valence-corrected chi connectivity index (χ4v) is 2.69. The van der Waals surface area contributed by atoms with E-state index < -0.39 is 12.7 Å². The zero-order valence-corrected chi connectivity index (χ0v) is 13.0. The van der Waals surface area contributed by atoms with Crippen LogP contribution in [0.2, 0.25) is 0 Å². The number of carbonyl (C=O) groups excluding carboxylic acids is 1. The predicted molar refractivity (Wildman–Crippen MR) is 77.8 cm³/mol. The zero-order chi connectivity index (χ0) is 16.2. The number of benzene rings is 1. The van der Waals surface area contributed by atoms with E-state index in [1.807, 2.05) is 32.9 Å². The standard InChI is InChI=1S/C16H22F3NO/c1-5-6-20(10-16(17,18)19)9-14(21)15-12(3)7-11(2)8-13(15)4/h7-8H,5-6,9-10H2,1-4H3. The molecule has 0 aromatic heterocycles. The number of nitrogens with zero attached hydrogens (tertiary/aromatic N) is 1. The van der Waals surface area contributed by atoms with Crippen molar-refractivity contribution in [1.29, 1.82) is 0 Å². The molecule has 1 rings (SSSR count). The van der Waals surface area contributed by atoms with Gasteiger partial charge in [-0.3, -0.25) is 9.69 Å². The van der Waals surface area contributed by atoms with Gasteiger partial charge in [0.05, 0.1) is 13.1 Å². The van der Waals surface area contributed by atoms with Crippen LogP contribution in [0.15, 0.2) is 12.1 Å². The van der Waals surface area contributed by atoms with Gasteiger partial charge in [-0.25, -0.2) is 0 Å². The Balaban J connectivity index is 2.92. The van der Waals surface area contributed by atoms with Crippen LogP contribution in [-0.2, 0) is 0 Å². The lowest BCUT2D eigenvalue weighted by molar-refractivity contribution is -0.144. The van der Waals surface area contributed by atoms with Crippen molar-refractivity contribution in [2.24, 2.45) is 0 Å². The third-order valence-corrected chi connectivity index (χ3v) is 3.27. The van der Waals surface area contributed by atoms with Gasteiger partial charge < -0.3 is 0 Å². The summed E-state index contributed by atoms with van der Waals surface area (Å²) in [7, 11) is 0. The van der Waals surface area contributed by atoms with Crippen LogP contribution in [0.4, 0.5) is 13.2 Å². The Kier molecular flexibility index (Phi) is 5.96. The lowest BCUT2D eigenvalue weighted by Gasteiger charge is -2.23. The molecule has 0 aliphatic heterocycles. The Morgan fingerprint density at radius 2 is 1.67 bits per heavy atom. The molecule has 0 aliphatic carbocycles. The molecule has 0 fully saturated rings. The van der Waals surface area contributed by atoms with E-state index in [2.05, 4.69) is 0 Å². The molecule has 0 saturated heterocycles. The fourth-order valence-electron chi connectivity index (χ4n) is 2.69. The van der Waals surface area contributed by atoms with Crippen molar-refractivity contribution in [2.45, 2.75) is 40.3 Å². The molecule has 1 aromatic carbocycles. The second-order valence-corrected chi connectivity index (χ2v) is 5.52. The summed E-state index contributed by atoms with van der Waals surface area (Å²) in [6, 6.07) is 3.77. The van der Waals surface area contributed by atoms with Crippen LogP contribution in [-0.4, -0.2) is 36.5 Å². The van der Waals surface area contributed by atoms with Crippen LogP contribution in [0.3, 0.4) is 0 Å². The maximum atomic E-state index is 12.5. The summed E-state index contributed by atoms with van der Waals surface area (Å²) in [5, 5.41) is 0. The van der Waals surface area contributed by atoms with Crippen LogP contribution in [0.25, 0.3) is 0 Å². The molecule has 1 aromatic rings. The van der Waals surface area contributed by atoms with Crippen LogP contribution in [0.5, 0.6) is 0 Å². The lowest BCUT2D eigenvalue weighted by Crippen LogP contribution is -2.38. The molecule has 0 atom stereocenters. The Bertz CT molecular complexity index is 486. The summed E-state index contributed by atoms with van der Waals surface area (Å²) in [6.45, 7) is 6.39. The smallest absolute Gasteiger partial charge is 0.293 e. The van der Waals surface area contributed by atoms with Crippen LogP contribution in [0.1, 0.15) is 40.4 Å². The number of alkyl halides is 3. The van der Waals surface area contributed by atoms with Crippen molar-refractivity contribution in [1.82, 2.24) is 4.90 Å². The summed E-state index contributed by atoms with van der Waals surface area (Å²) in [5.41, 5.74) is 3.23. The highest BCUT2D eigenvalue weighted by molar-refractivity contribution is 6.00. The molecule has 21 heavy (non-hydrogen) atoms. The van der Waals surface area contributed by atoms with Crippen molar-refractivity contribution >= 4 is 5.78 Å². The van der Waals surface area contributed by atoms with E-state index in [9.17, 15) is 18.0 Å². The predicted octanol–water partition coefficient (Wildman–Crippen LogP) is 4.07. The zero-order valence-electron chi connectivity index (χ0n) is 13.0. The summed E-state index contributed by atoms with van der Waals surface area (Å²) in [5.74, 6) is -0.247. The lowest BCUT2D eigenvalue weighted by atomic mass is 9.96. The van der Waals surface area contributed by atoms with Crippen molar-refractivity contribution in [3.63, 3.8) is 0 Å². The molecular formula is C16H22F3NO. The molecule has 118 valence electrons. The quantitative estimate of drug-likeness (QED) is 0.738. The van der Waals surface area contributed by atoms with Gasteiger partial charge in [0, 0.05) is 5.56 Å². The molecule has 0 saturated carbocycles. The minimum absolute atomic E-state index is 0.196. The van der Waals surface area contributed by atoms with Gasteiger partial charge in [-0.15, -0.1) is 0 Å². The number of Topliss-reactive ketones (excluding diaryl/α,β-unsaturated/α-hetero) is 1. The van der Waals surface area contributed by atoms with Gasteiger partial charge in [0.1, 0.15) is 0 Å². The first-order valence-corrected chi connectivity index (χ1v) is 7.04. The van der Waals surface area contributed by atoms with E-state index in [0.717, 1.165) is 16.7 Å². The average molecular weight is 301 g/mol. The molecule has 0 unspecified atom stereocenters. The molecule has 0 aliphatic rings. The number of hydrogen-bond donors (Lipinski definition) is 0. The Hall–Kier alpha value is -1.36. The summed E-state index contributed by atoms with van der Waals surface area (Å²) < 4.78 is 37.6. The second kappa shape index (κ2) is 7.07. The Morgan fingerprint density at radius 1 is 1.14 bits per heavy atom. The summed E-state index contributed by atoms with van der Waals surface area (Å²) in [4.78, 5) is 13.5. The highest BCUT2D eigenvalue weighted by Gasteiger charge is 2.31. The van der Waals surface area contributed by atoms with Crippen LogP contribution >= 0.6 is 0 Å². The first-order chi connectivity index (χ1) is 9.64. The third-order valence-electron chi connectivity index (χ3n) is 3.27. The van der Waals surface area contributed by atoms with E-state index in [-0.39, 0.29) is 18.9 Å². The molecule has 5 heteroatoms. The molecule has 2 nitrogen and oxygen atoms in total. The van der Waals surface area contributed by atoms with Gasteiger partial charge in [-0.1, -0.05) is 24.6 Å². The first-order valence-electron chi connectivity index (χ1n) is 7.04. The average Bonchev–Trinajstić information content (AvgIpc) is 2.24. The molecule has 0 amide bonds. The van der Waals surface area contributed by atoms with Crippen molar-refractivity contribution in [3.05, 3.63) is 34.4 Å². The largest absolute Gasteiger partial charge is 0.401 e. The van der Waals surface area contributed by atoms with Gasteiger partial charge in [0.25, 0.3) is 0 Å². The molecule has 0 N–H and O–H groups in total. The van der Waals surface area contributed by atoms with Crippen molar-refractivity contribution in [2.75, 3.05) is 19.6 Å². The molecule has 0 radical (unpaired) electrons. The fraction of sp³-hybridized carbons (Fsp3) is 0.562. The number of ketones is 1. The monoisotopic (exact) mass is 301 g/mol. The van der Waals surface area contributed by atoms with Crippen molar-refractivity contribution in [3.8, 4) is 0 Å². The van der Waals surface area contributed by atoms with Crippen molar-refractivity contribution < 1.29 is 18.0 Å². The molecule has 0 heterocycles. The highest BCUT2D eigenvalue weighted by atomic mass is 19.4. The minimum atomic E-state index is -4.28. The van der Waals surface area contributed by atoms with E-state index in [0.29, 0.717) is 12.0 Å². The number of aryl methyl sites for hydroxylation is 3. The minimum Gasteiger partial charge on any atom is -0.293 e. The number of rotatable bonds is 6. The molecular weight excluding hydrogens is 279 g/mol.